The number of sulfonamides is 1. The minimum absolute atomic E-state index is 0.0546. The predicted octanol–water partition coefficient (Wildman–Crippen LogP) is 2.94. The van der Waals surface area contributed by atoms with Crippen LogP contribution in [-0.4, -0.2) is 8.42 Å². The van der Waals surface area contributed by atoms with Crippen LogP contribution >= 0.6 is 11.6 Å². The molecule has 0 aliphatic rings. The van der Waals surface area contributed by atoms with Crippen molar-refractivity contribution in [3.05, 3.63) is 59.6 Å². The quantitative estimate of drug-likeness (QED) is 0.928. The molecule has 0 aromatic heterocycles. The van der Waals surface area contributed by atoms with Gasteiger partial charge < -0.3 is 0 Å². The van der Waals surface area contributed by atoms with Crippen LogP contribution in [-0.2, 0) is 10.0 Å². The Labute approximate surface area is 105 Å². The topological polar surface area (TPSA) is 46.2 Å². The van der Waals surface area contributed by atoms with Gasteiger partial charge in [0.25, 0.3) is 10.0 Å². The standard InChI is InChI=1S/C12H9ClNO2S/c13-11-8-4-5-9-12(11)17(15,16)14-10-6-2-1-3-7-10/h1-6,8-9,14H. The van der Waals surface area contributed by atoms with E-state index in [-0.39, 0.29) is 9.92 Å². The highest BCUT2D eigenvalue weighted by Gasteiger charge is 2.16. The van der Waals surface area contributed by atoms with Gasteiger partial charge in [0.1, 0.15) is 4.90 Å². The molecule has 2 aromatic carbocycles. The van der Waals surface area contributed by atoms with Crippen LogP contribution < -0.4 is 4.72 Å². The zero-order valence-corrected chi connectivity index (χ0v) is 10.3. The third-order valence-corrected chi connectivity index (χ3v) is 3.94. The van der Waals surface area contributed by atoms with Crippen molar-refractivity contribution < 1.29 is 8.42 Å². The van der Waals surface area contributed by atoms with Crippen molar-refractivity contribution in [1.29, 1.82) is 0 Å². The lowest BCUT2D eigenvalue weighted by molar-refractivity contribution is 0.601. The van der Waals surface area contributed by atoms with Gasteiger partial charge in [-0.2, -0.15) is 0 Å². The second kappa shape index (κ2) is 4.77. The number of hydrogen-bond acceptors (Lipinski definition) is 2. The molecule has 1 radical (unpaired) electrons. The molecule has 0 unspecified atom stereocenters. The summed E-state index contributed by atoms with van der Waals surface area (Å²) in [5, 5.41) is 0.191. The maximum absolute atomic E-state index is 12.0. The van der Waals surface area contributed by atoms with Crippen molar-refractivity contribution in [2.75, 3.05) is 4.72 Å². The summed E-state index contributed by atoms with van der Waals surface area (Å²) >= 11 is 5.85. The van der Waals surface area contributed by atoms with E-state index in [1.807, 2.05) is 0 Å². The first kappa shape index (κ1) is 12.0. The number of rotatable bonds is 3. The lowest BCUT2D eigenvalue weighted by Gasteiger charge is -2.08. The smallest absolute Gasteiger partial charge is 0.263 e. The summed E-state index contributed by atoms with van der Waals surface area (Å²) in [5.74, 6) is 0. The van der Waals surface area contributed by atoms with E-state index in [0.29, 0.717) is 5.69 Å². The highest BCUT2D eigenvalue weighted by molar-refractivity contribution is 7.92. The average molecular weight is 267 g/mol. The van der Waals surface area contributed by atoms with Crippen LogP contribution in [0.15, 0.2) is 53.4 Å². The lowest BCUT2D eigenvalue weighted by atomic mass is 10.3. The Morgan fingerprint density at radius 2 is 1.76 bits per heavy atom. The predicted molar refractivity (Wildman–Crippen MR) is 67.5 cm³/mol. The normalized spacial score (nSPS) is 11.1. The second-order valence-electron chi connectivity index (χ2n) is 3.31. The summed E-state index contributed by atoms with van der Waals surface area (Å²) in [7, 11) is -3.66. The molecule has 0 amide bonds. The lowest BCUT2D eigenvalue weighted by Crippen LogP contribution is -2.13. The van der Waals surface area contributed by atoms with E-state index in [9.17, 15) is 8.42 Å². The van der Waals surface area contributed by atoms with Crippen LogP contribution in [0.3, 0.4) is 0 Å². The summed E-state index contributed by atoms with van der Waals surface area (Å²) in [5.41, 5.74) is 0.382. The molecule has 0 heterocycles. The molecule has 0 aliphatic heterocycles. The molecule has 2 aromatic rings. The van der Waals surface area contributed by atoms with E-state index in [0.717, 1.165) is 0 Å². The SMILES string of the molecule is O=S(=O)(Nc1[c]cccc1)c1ccccc1Cl. The summed E-state index contributed by atoms with van der Waals surface area (Å²) < 4.78 is 26.4. The van der Waals surface area contributed by atoms with Crippen molar-refractivity contribution in [2.45, 2.75) is 4.90 Å². The number of nitrogens with one attached hydrogen (secondary N) is 1. The van der Waals surface area contributed by atoms with Crippen molar-refractivity contribution in [1.82, 2.24) is 0 Å². The monoisotopic (exact) mass is 266 g/mol. The van der Waals surface area contributed by atoms with Gasteiger partial charge in [-0.05, 0) is 18.2 Å². The summed E-state index contributed by atoms with van der Waals surface area (Å²) in [4.78, 5) is 0.0546. The number of halogens is 1. The van der Waals surface area contributed by atoms with Gasteiger partial charge in [-0.25, -0.2) is 8.42 Å². The molecule has 0 aliphatic carbocycles. The van der Waals surface area contributed by atoms with E-state index in [2.05, 4.69) is 10.8 Å². The van der Waals surface area contributed by atoms with Crippen LogP contribution in [0.25, 0.3) is 0 Å². The van der Waals surface area contributed by atoms with Crippen molar-refractivity contribution in [3.63, 3.8) is 0 Å². The zero-order valence-electron chi connectivity index (χ0n) is 8.72. The Morgan fingerprint density at radius 1 is 1.06 bits per heavy atom. The fourth-order valence-electron chi connectivity index (χ4n) is 1.32. The van der Waals surface area contributed by atoms with Gasteiger partial charge in [-0.1, -0.05) is 41.9 Å². The van der Waals surface area contributed by atoms with E-state index in [4.69, 9.17) is 11.6 Å². The minimum Gasteiger partial charge on any atom is -0.279 e. The van der Waals surface area contributed by atoms with E-state index in [1.54, 1.807) is 36.4 Å². The molecule has 0 saturated carbocycles. The van der Waals surface area contributed by atoms with Crippen molar-refractivity contribution in [2.24, 2.45) is 0 Å². The van der Waals surface area contributed by atoms with E-state index >= 15 is 0 Å². The highest BCUT2D eigenvalue weighted by atomic mass is 35.5. The first-order chi connectivity index (χ1) is 8.09. The van der Waals surface area contributed by atoms with Crippen LogP contribution in [0, 0.1) is 6.07 Å². The molecular formula is C12H9ClNO2S. The Kier molecular flexibility index (Phi) is 3.36. The van der Waals surface area contributed by atoms with Crippen LogP contribution in [0.4, 0.5) is 5.69 Å². The molecule has 1 N–H and O–H groups in total. The second-order valence-corrected chi connectivity index (χ2v) is 5.37. The Balaban J connectivity index is 2.36. The van der Waals surface area contributed by atoms with E-state index < -0.39 is 10.0 Å². The van der Waals surface area contributed by atoms with E-state index in [1.165, 1.54) is 12.1 Å². The summed E-state index contributed by atoms with van der Waals surface area (Å²) in [6, 6.07) is 15.8. The average Bonchev–Trinajstić information content (AvgIpc) is 2.30. The summed E-state index contributed by atoms with van der Waals surface area (Å²) in [6.07, 6.45) is 0. The maximum atomic E-state index is 12.0. The molecule has 0 atom stereocenters. The fourth-order valence-corrected chi connectivity index (χ4v) is 2.87. The molecular weight excluding hydrogens is 258 g/mol. The molecule has 17 heavy (non-hydrogen) atoms. The van der Waals surface area contributed by atoms with Crippen LogP contribution in [0.1, 0.15) is 0 Å². The highest BCUT2D eigenvalue weighted by Crippen LogP contribution is 2.22. The molecule has 0 saturated heterocycles. The Bertz CT molecular complexity index is 611. The third-order valence-electron chi connectivity index (χ3n) is 2.08. The minimum atomic E-state index is -3.66. The molecule has 0 spiro atoms. The van der Waals surface area contributed by atoms with Gasteiger partial charge in [0.2, 0.25) is 0 Å². The number of anilines is 1. The molecule has 87 valence electrons. The van der Waals surface area contributed by atoms with Crippen LogP contribution in [0.2, 0.25) is 5.02 Å². The van der Waals surface area contributed by atoms with Gasteiger partial charge in [-0.3, -0.25) is 4.72 Å². The number of benzene rings is 2. The first-order valence-electron chi connectivity index (χ1n) is 4.84. The largest absolute Gasteiger partial charge is 0.279 e. The molecule has 3 nitrogen and oxygen atoms in total. The first-order valence-corrected chi connectivity index (χ1v) is 6.70. The fraction of sp³-hybridized carbons (Fsp3) is 0. The van der Waals surface area contributed by atoms with Crippen molar-refractivity contribution >= 4 is 27.3 Å². The third kappa shape index (κ3) is 2.78. The van der Waals surface area contributed by atoms with Gasteiger partial charge in [0.05, 0.1) is 10.7 Å². The number of para-hydroxylation sites is 1. The molecule has 0 fully saturated rings. The Morgan fingerprint density at radius 3 is 2.41 bits per heavy atom. The molecule has 2 rings (SSSR count). The molecule has 5 heteroatoms. The number of hydrogen-bond donors (Lipinski definition) is 1. The zero-order chi connectivity index (χ0) is 12.3. The van der Waals surface area contributed by atoms with Crippen molar-refractivity contribution in [3.8, 4) is 0 Å². The Hall–Kier alpha value is -1.52. The van der Waals surface area contributed by atoms with Gasteiger partial charge in [-0.15, -0.1) is 0 Å². The van der Waals surface area contributed by atoms with Gasteiger partial charge in [0, 0.05) is 6.07 Å². The van der Waals surface area contributed by atoms with Crippen LogP contribution in [0.5, 0.6) is 0 Å². The summed E-state index contributed by atoms with van der Waals surface area (Å²) in [6.45, 7) is 0. The maximum Gasteiger partial charge on any atom is 0.263 e. The molecule has 0 bridgehead atoms. The van der Waals surface area contributed by atoms with Gasteiger partial charge >= 0.3 is 0 Å². The van der Waals surface area contributed by atoms with Gasteiger partial charge in [0.15, 0.2) is 0 Å².